The number of anilines is 2. The van der Waals surface area contributed by atoms with Crippen molar-refractivity contribution in [3.05, 3.63) is 10.8 Å². The molecule has 5 N–H and O–H groups in total. The first-order valence-corrected chi connectivity index (χ1v) is 7.09. The summed E-state index contributed by atoms with van der Waals surface area (Å²) in [5, 5.41) is 12.5. The molecule has 1 aromatic heterocycles. The molecule has 17 heavy (non-hydrogen) atoms. The molecule has 0 saturated heterocycles. The summed E-state index contributed by atoms with van der Waals surface area (Å²) in [5.74, 6) is 6.48. The lowest BCUT2D eigenvalue weighted by Gasteiger charge is -2.22. The largest absolute Gasteiger partial charge is 0.395 e. The number of nitrogens with two attached hydrogens (primary N) is 1. The number of halogens is 1. The number of aliphatic hydroxyl groups is 1. The van der Waals surface area contributed by atoms with E-state index < -0.39 is 0 Å². The fourth-order valence-electron chi connectivity index (χ4n) is 1.32. The van der Waals surface area contributed by atoms with Crippen LogP contribution in [0.1, 0.15) is 6.92 Å². The Hall–Kier alpha value is -0.570. The molecular weight excluding hydrogens is 306 g/mol. The normalized spacial score (nSPS) is 14.2. The highest BCUT2D eigenvalue weighted by Gasteiger charge is 2.17. The number of hydrazine groups is 1. The van der Waals surface area contributed by atoms with Crippen LogP contribution in [0.4, 0.5) is 11.6 Å². The predicted molar refractivity (Wildman–Crippen MR) is 75.0 cm³/mol. The van der Waals surface area contributed by atoms with Gasteiger partial charge in [-0.05, 0) is 29.1 Å². The third-order valence-corrected chi connectivity index (χ3v) is 4.24. The van der Waals surface area contributed by atoms with Crippen molar-refractivity contribution in [1.82, 2.24) is 9.97 Å². The maximum absolute atomic E-state index is 9.21. The minimum Gasteiger partial charge on any atom is -0.395 e. The van der Waals surface area contributed by atoms with Crippen molar-refractivity contribution in [2.75, 3.05) is 23.6 Å². The molecule has 6 nitrogen and oxygen atoms in total. The molecule has 0 spiro atoms. The van der Waals surface area contributed by atoms with Crippen molar-refractivity contribution in [2.24, 2.45) is 5.84 Å². The van der Waals surface area contributed by atoms with E-state index in [0.717, 1.165) is 0 Å². The van der Waals surface area contributed by atoms with E-state index in [9.17, 15) is 5.11 Å². The fourth-order valence-corrected chi connectivity index (χ4v) is 2.38. The number of hydrogen-bond donors (Lipinski definition) is 4. The van der Waals surface area contributed by atoms with E-state index in [4.69, 9.17) is 5.84 Å². The number of rotatable bonds is 6. The molecule has 2 unspecified atom stereocenters. The van der Waals surface area contributed by atoms with Gasteiger partial charge < -0.3 is 15.8 Å². The number of nitrogens with one attached hydrogen (secondary N) is 2. The van der Waals surface area contributed by atoms with Gasteiger partial charge in [0, 0.05) is 11.3 Å². The second kappa shape index (κ2) is 7.00. The van der Waals surface area contributed by atoms with E-state index >= 15 is 0 Å². The monoisotopic (exact) mass is 321 g/mol. The summed E-state index contributed by atoms with van der Waals surface area (Å²) < 4.78 is 0.673. The standard InChI is InChI=1S/C9H16BrN5OS/c1-5(6(3-16)17-2)14-8-7(10)9(15-11)13-4-12-8/h4-6,16H,3,11H2,1-2H3,(H2,12,13,14,15). The second-order valence-corrected chi connectivity index (χ2v) is 5.29. The maximum Gasteiger partial charge on any atom is 0.159 e. The Morgan fingerprint density at radius 2 is 2.18 bits per heavy atom. The van der Waals surface area contributed by atoms with E-state index in [-0.39, 0.29) is 17.9 Å². The highest BCUT2D eigenvalue weighted by Crippen LogP contribution is 2.27. The number of thioether (sulfide) groups is 1. The van der Waals surface area contributed by atoms with Gasteiger partial charge >= 0.3 is 0 Å². The number of aliphatic hydroxyl groups excluding tert-OH is 1. The Morgan fingerprint density at radius 3 is 2.71 bits per heavy atom. The molecule has 1 aromatic rings. The maximum atomic E-state index is 9.21. The van der Waals surface area contributed by atoms with Crippen LogP contribution in [0.5, 0.6) is 0 Å². The van der Waals surface area contributed by atoms with Crippen molar-refractivity contribution >= 4 is 39.3 Å². The SMILES string of the molecule is CSC(CO)C(C)Nc1ncnc(NN)c1Br. The first kappa shape index (κ1) is 14.5. The lowest BCUT2D eigenvalue weighted by molar-refractivity contribution is 0.288. The number of aromatic nitrogens is 2. The van der Waals surface area contributed by atoms with Gasteiger partial charge in [-0.25, -0.2) is 15.8 Å². The third kappa shape index (κ3) is 3.70. The molecule has 8 heteroatoms. The molecule has 0 aromatic carbocycles. The molecule has 96 valence electrons. The lowest BCUT2D eigenvalue weighted by Crippen LogP contribution is -2.31. The Morgan fingerprint density at radius 1 is 1.53 bits per heavy atom. The number of nitrogen functional groups attached to an aromatic ring is 1. The van der Waals surface area contributed by atoms with Gasteiger partial charge in [0.25, 0.3) is 0 Å². The van der Waals surface area contributed by atoms with E-state index in [1.807, 2.05) is 13.2 Å². The summed E-state index contributed by atoms with van der Waals surface area (Å²) >= 11 is 4.97. The molecule has 1 rings (SSSR count). The predicted octanol–water partition coefficient (Wildman–Crippen LogP) is 1.05. The summed E-state index contributed by atoms with van der Waals surface area (Å²) in [6.45, 7) is 2.10. The molecule has 0 amide bonds. The average Bonchev–Trinajstić information content (AvgIpc) is 2.33. The van der Waals surface area contributed by atoms with Crippen molar-refractivity contribution in [3.63, 3.8) is 0 Å². The highest BCUT2D eigenvalue weighted by molar-refractivity contribution is 9.10. The lowest BCUT2D eigenvalue weighted by atomic mass is 10.2. The van der Waals surface area contributed by atoms with Crippen LogP contribution < -0.4 is 16.6 Å². The van der Waals surface area contributed by atoms with Crippen LogP contribution in [0.25, 0.3) is 0 Å². The van der Waals surface area contributed by atoms with Crippen molar-refractivity contribution in [1.29, 1.82) is 0 Å². The summed E-state index contributed by atoms with van der Waals surface area (Å²) in [6, 6.07) is 0.0758. The summed E-state index contributed by atoms with van der Waals surface area (Å²) in [5.41, 5.74) is 2.47. The number of nitrogens with zero attached hydrogens (tertiary/aromatic N) is 2. The fraction of sp³-hybridized carbons (Fsp3) is 0.556. The van der Waals surface area contributed by atoms with Crippen LogP contribution in [0, 0.1) is 0 Å². The molecule has 0 bridgehead atoms. The molecule has 2 atom stereocenters. The van der Waals surface area contributed by atoms with Gasteiger partial charge in [-0.15, -0.1) is 0 Å². The Labute approximate surface area is 113 Å². The third-order valence-electron chi connectivity index (χ3n) is 2.33. The molecule has 0 saturated carbocycles. The van der Waals surface area contributed by atoms with Crippen LogP contribution in [0.15, 0.2) is 10.8 Å². The summed E-state index contributed by atoms with van der Waals surface area (Å²) in [4.78, 5) is 8.08. The van der Waals surface area contributed by atoms with Gasteiger partial charge in [0.2, 0.25) is 0 Å². The molecular formula is C9H16BrN5OS. The molecule has 0 aliphatic carbocycles. The summed E-state index contributed by atoms with van der Waals surface area (Å²) in [6.07, 6.45) is 3.38. The Balaban J connectivity index is 2.81. The zero-order valence-electron chi connectivity index (χ0n) is 9.64. The van der Waals surface area contributed by atoms with Gasteiger partial charge in [-0.2, -0.15) is 11.8 Å². The van der Waals surface area contributed by atoms with Crippen LogP contribution in [-0.2, 0) is 0 Å². The second-order valence-electron chi connectivity index (χ2n) is 3.42. The zero-order chi connectivity index (χ0) is 12.8. The van der Waals surface area contributed by atoms with E-state index in [2.05, 4.69) is 36.6 Å². The Kier molecular flexibility index (Phi) is 5.96. The molecule has 1 heterocycles. The first-order chi connectivity index (χ1) is 8.13. The van der Waals surface area contributed by atoms with Crippen LogP contribution in [0.2, 0.25) is 0 Å². The average molecular weight is 322 g/mol. The van der Waals surface area contributed by atoms with Crippen molar-refractivity contribution in [2.45, 2.75) is 18.2 Å². The zero-order valence-corrected chi connectivity index (χ0v) is 12.0. The van der Waals surface area contributed by atoms with E-state index in [0.29, 0.717) is 16.1 Å². The minimum absolute atomic E-state index is 0.0758. The van der Waals surface area contributed by atoms with Crippen molar-refractivity contribution in [3.8, 4) is 0 Å². The quantitative estimate of drug-likeness (QED) is 0.459. The molecule has 0 fully saturated rings. The number of hydrogen-bond acceptors (Lipinski definition) is 7. The van der Waals surface area contributed by atoms with Gasteiger partial charge in [0.05, 0.1) is 6.61 Å². The minimum atomic E-state index is 0.0758. The topological polar surface area (TPSA) is 96.1 Å². The molecule has 0 aliphatic heterocycles. The van der Waals surface area contributed by atoms with Gasteiger partial charge in [-0.3, -0.25) is 0 Å². The van der Waals surface area contributed by atoms with Crippen LogP contribution >= 0.6 is 27.7 Å². The first-order valence-electron chi connectivity index (χ1n) is 5.01. The van der Waals surface area contributed by atoms with Gasteiger partial charge in [-0.1, -0.05) is 0 Å². The summed E-state index contributed by atoms with van der Waals surface area (Å²) in [7, 11) is 0. The van der Waals surface area contributed by atoms with E-state index in [1.54, 1.807) is 11.8 Å². The van der Waals surface area contributed by atoms with Crippen molar-refractivity contribution < 1.29 is 5.11 Å². The van der Waals surface area contributed by atoms with Gasteiger partial charge in [0.1, 0.15) is 16.6 Å². The Bertz CT molecular complexity index is 363. The highest BCUT2D eigenvalue weighted by atomic mass is 79.9. The molecule has 0 radical (unpaired) electrons. The molecule has 0 aliphatic rings. The smallest absolute Gasteiger partial charge is 0.159 e. The van der Waals surface area contributed by atoms with Crippen LogP contribution in [-0.4, -0.2) is 39.2 Å². The van der Waals surface area contributed by atoms with Gasteiger partial charge in [0.15, 0.2) is 5.82 Å². The van der Waals surface area contributed by atoms with Crippen LogP contribution in [0.3, 0.4) is 0 Å². The van der Waals surface area contributed by atoms with E-state index in [1.165, 1.54) is 6.33 Å².